The number of aryl methyl sites for hydroxylation is 1. The lowest BCUT2D eigenvalue weighted by Gasteiger charge is -2.03. The van der Waals surface area contributed by atoms with Gasteiger partial charge in [0, 0.05) is 0 Å². The first-order valence-corrected chi connectivity index (χ1v) is 4.14. The second kappa shape index (κ2) is 4.75. The van der Waals surface area contributed by atoms with Crippen LogP contribution in [0.5, 0.6) is 5.75 Å². The molecule has 0 aliphatic carbocycles. The molecule has 1 aromatic carbocycles. The van der Waals surface area contributed by atoms with E-state index < -0.39 is 6.67 Å². The monoisotopic (exact) mass is 167 g/mol. The van der Waals surface area contributed by atoms with Gasteiger partial charge in [0.25, 0.3) is 0 Å². The highest BCUT2D eigenvalue weighted by atomic mass is 18.2. The third-order valence-electron chi connectivity index (χ3n) is 1.68. The molecular weight excluding hydrogens is 154 g/mol. The summed E-state index contributed by atoms with van der Waals surface area (Å²) in [6.07, 6.45) is 1.02. The van der Waals surface area contributed by atoms with Crippen molar-refractivity contribution >= 4 is 0 Å². The number of alkyl halides is 1. The van der Waals surface area contributed by atoms with Gasteiger partial charge in [0.2, 0.25) is 0 Å². The molecule has 66 valence electrons. The largest absolute Gasteiger partial charge is 0.491 e. The van der Waals surface area contributed by atoms with Crippen molar-refractivity contribution in [2.75, 3.05) is 13.3 Å². The highest BCUT2D eigenvalue weighted by Crippen LogP contribution is 2.12. The van der Waals surface area contributed by atoms with Crippen LogP contribution < -0.4 is 4.74 Å². The third-order valence-corrected chi connectivity index (χ3v) is 1.68. The van der Waals surface area contributed by atoms with E-state index in [1.54, 1.807) is 0 Å². The molecule has 0 spiro atoms. The molecule has 1 nitrogen and oxygen atoms in total. The average molecular weight is 167 g/mol. The highest BCUT2D eigenvalue weighted by Gasteiger charge is 1.92. The van der Waals surface area contributed by atoms with E-state index in [9.17, 15) is 4.39 Å². The van der Waals surface area contributed by atoms with Crippen LogP contribution in [0, 0.1) is 0 Å². The molecule has 0 amide bonds. The summed E-state index contributed by atoms with van der Waals surface area (Å²) in [7, 11) is 0. The van der Waals surface area contributed by atoms with Crippen molar-refractivity contribution in [2.24, 2.45) is 0 Å². The molecule has 0 atom stereocenters. The molecule has 0 aliphatic heterocycles. The molecular formula is C10H13FO. The van der Waals surface area contributed by atoms with Gasteiger partial charge in [-0.2, -0.15) is 0 Å². The van der Waals surface area contributed by atoms with Crippen LogP contribution in [-0.2, 0) is 6.42 Å². The summed E-state index contributed by atoms with van der Waals surface area (Å²) in [4.78, 5) is 0. The second-order valence-corrected chi connectivity index (χ2v) is 2.53. The van der Waals surface area contributed by atoms with E-state index in [1.807, 2.05) is 24.3 Å². The Labute approximate surface area is 72.2 Å². The Hall–Kier alpha value is -1.05. The van der Waals surface area contributed by atoms with Crippen molar-refractivity contribution in [3.8, 4) is 5.75 Å². The average Bonchev–Trinajstić information content (AvgIpc) is 2.15. The molecule has 1 aromatic rings. The number of halogens is 1. The molecule has 0 aliphatic rings. The quantitative estimate of drug-likeness (QED) is 0.669. The van der Waals surface area contributed by atoms with Crippen molar-refractivity contribution in [2.45, 2.75) is 13.3 Å². The highest BCUT2D eigenvalue weighted by molar-refractivity contribution is 5.27. The maximum atomic E-state index is 11.7. The molecule has 0 radical (unpaired) electrons. The molecule has 0 unspecified atom stereocenters. The van der Waals surface area contributed by atoms with E-state index in [-0.39, 0.29) is 6.61 Å². The van der Waals surface area contributed by atoms with E-state index in [0.717, 1.165) is 12.2 Å². The van der Waals surface area contributed by atoms with Crippen LogP contribution in [0.25, 0.3) is 0 Å². The molecule has 0 fully saturated rings. The van der Waals surface area contributed by atoms with Gasteiger partial charge < -0.3 is 4.74 Å². The molecule has 0 heterocycles. The van der Waals surface area contributed by atoms with Gasteiger partial charge in [0.15, 0.2) is 0 Å². The zero-order valence-corrected chi connectivity index (χ0v) is 7.22. The van der Waals surface area contributed by atoms with Gasteiger partial charge in [-0.15, -0.1) is 0 Å². The van der Waals surface area contributed by atoms with Gasteiger partial charge in [-0.3, -0.25) is 0 Å². The van der Waals surface area contributed by atoms with Crippen molar-refractivity contribution in [1.29, 1.82) is 0 Å². The van der Waals surface area contributed by atoms with Gasteiger partial charge >= 0.3 is 0 Å². The summed E-state index contributed by atoms with van der Waals surface area (Å²) in [6, 6.07) is 7.73. The lowest BCUT2D eigenvalue weighted by molar-refractivity contribution is 0.273. The molecule has 0 bridgehead atoms. The zero-order valence-electron chi connectivity index (χ0n) is 7.22. The Morgan fingerprint density at radius 3 is 2.42 bits per heavy atom. The van der Waals surface area contributed by atoms with Crippen LogP contribution in [-0.4, -0.2) is 13.3 Å². The standard InChI is InChI=1S/C10H13FO/c1-2-9-3-5-10(6-4-9)12-8-7-11/h3-6H,2,7-8H2,1H3/i11-1. The summed E-state index contributed by atoms with van der Waals surface area (Å²) in [5.74, 6) is 0.741. The van der Waals surface area contributed by atoms with Crippen molar-refractivity contribution in [1.82, 2.24) is 0 Å². The molecule has 0 saturated heterocycles. The van der Waals surface area contributed by atoms with Gasteiger partial charge in [-0.1, -0.05) is 19.1 Å². The summed E-state index contributed by atoms with van der Waals surface area (Å²) in [5.41, 5.74) is 1.27. The third kappa shape index (κ3) is 2.53. The first-order valence-electron chi connectivity index (χ1n) is 4.14. The molecule has 0 aromatic heterocycles. The Morgan fingerprint density at radius 1 is 1.25 bits per heavy atom. The Kier molecular flexibility index (Phi) is 3.58. The van der Waals surface area contributed by atoms with Crippen LogP contribution in [0.15, 0.2) is 24.3 Å². The first-order chi connectivity index (χ1) is 5.86. The van der Waals surface area contributed by atoms with Crippen LogP contribution in [0.4, 0.5) is 4.39 Å². The number of hydrogen-bond acceptors (Lipinski definition) is 1. The number of benzene rings is 1. The van der Waals surface area contributed by atoms with E-state index >= 15 is 0 Å². The summed E-state index contributed by atoms with van der Waals surface area (Å²) in [5, 5.41) is 0. The minimum absolute atomic E-state index is 0.144. The molecule has 12 heavy (non-hydrogen) atoms. The predicted octanol–water partition coefficient (Wildman–Crippen LogP) is 2.60. The van der Waals surface area contributed by atoms with E-state index in [4.69, 9.17) is 4.74 Å². The lowest BCUT2D eigenvalue weighted by Crippen LogP contribution is -1.98. The van der Waals surface area contributed by atoms with E-state index in [0.29, 0.717) is 0 Å². The fraction of sp³-hybridized carbons (Fsp3) is 0.400. The first kappa shape index (κ1) is 9.04. The minimum Gasteiger partial charge on any atom is -0.491 e. The predicted molar refractivity (Wildman–Crippen MR) is 47.3 cm³/mol. The lowest BCUT2D eigenvalue weighted by atomic mass is 10.2. The molecule has 0 N–H and O–H groups in total. The van der Waals surface area contributed by atoms with Crippen LogP contribution >= 0.6 is 0 Å². The second-order valence-electron chi connectivity index (χ2n) is 2.53. The Bertz CT molecular complexity index is 218. The molecule has 0 saturated carbocycles. The fourth-order valence-electron chi connectivity index (χ4n) is 0.978. The maximum absolute atomic E-state index is 11.7. The fourth-order valence-corrected chi connectivity index (χ4v) is 0.978. The van der Waals surface area contributed by atoms with Gasteiger partial charge in [-0.05, 0) is 24.1 Å². The summed E-state index contributed by atoms with van der Waals surface area (Å²) < 4.78 is 16.8. The smallest absolute Gasteiger partial charge is 0.123 e. The van der Waals surface area contributed by atoms with Crippen LogP contribution in [0.1, 0.15) is 12.5 Å². The van der Waals surface area contributed by atoms with E-state index in [1.165, 1.54) is 5.56 Å². The minimum atomic E-state index is -0.435. The van der Waals surface area contributed by atoms with Crippen molar-refractivity contribution in [3.63, 3.8) is 0 Å². The summed E-state index contributed by atoms with van der Waals surface area (Å²) in [6.45, 7) is 1.80. The topological polar surface area (TPSA) is 9.23 Å². The Morgan fingerprint density at radius 2 is 1.92 bits per heavy atom. The van der Waals surface area contributed by atoms with Crippen molar-refractivity contribution < 1.29 is 9.13 Å². The maximum Gasteiger partial charge on any atom is 0.123 e. The number of rotatable bonds is 4. The van der Waals surface area contributed by atoms with Gasteiger partial charge in [-0.25, -0.2) is 4.39 Å². The molecule has 1 rings (SSSR count). The molecule has 2 heteroatoms. The normalized spacial score (nSPS) is 9.83. The van der Waals surface area contributed by atoms with Gasteiger partial charge in [0.1, 0.15) is 19.0 Å². The number of ether oxygens (including phenoxy) is 1. The SMILES string of the molecule is CCc1ccc(OCC[18F])cc1. The zero-order chi connectivity index (χ0) is 8.81. The Balaban J connectivity index is 2.53. The summed E-state index contributed by atoms with van der Waals surface area (Å²) >= 11 is 0. The van der Waals surface area contributed by atoms with Crippen LogP contribution in [0.3, 0.4) is 0 Å². The van der Waals surface area contributed by atoms with E-state index in [2.05, 4.69) is 6.92 Å². The van der Waals surface area contributed by atoms with Crippen molar-refractivity contribution in [3.05, 3.63) is 29.8 Å². The van der Waals surface area contributed by atoms with Gasteiger partial charge in [0.05, 0.1) is 0 Å². The number of hydrogen-bond donors (Lipinski definition) is 0. The van der Waals surface area contributed by atoms with Crippen LogP contribution in [0.2, 0.25) is 0 Å².